The summed E-state index contributed by atoms with van der Waals surface area (Å²) < 4.78 is 23.1. The maximum Gasteiger partial charge on any atom is 0.175 e. The van der Waals surface area contributed by atoms with Crippen molar-refractivity contribution in [3.8, 4) is 0 Å². The van der Waals surface area contributed by atoms with E-state index in [-0.39, 0.29) is 0 Å². The average molecular weight is 281 g/mol. The Bertz CT molecular complexity index is 563. The Morgan fingerprint density at radius 2 is 1.95 bits per heavy atom. The maximum atomic E-state index is 11.6. The number of anilines is 1. The Morgan fingerprint density at radius 3 is 2.47 bits per heavy atom. The smallest absolute Gasteiger partial charge is 0.175 e. The fourth-order valence-electron chi connectivity index (χ4n) is 3.12. The Balaban J connectivity index is 2.17. The second-order valence-corrected chi connectivity index (χ2v) is 8.62. The van der Waals surface area contributed by atoms with Gasteiger partial charge in [0, 0.05) is 18.0 Å². The summed E-state index contributed by atoms with van der Waals surface area (Å²) in [5.74, 6) is 0.608. The molecule has 0 amide bonds. The molecule has 1 N–H and O–H groups in total. The third kappa shape index (κ3) is 3.50. The van der Waals surface area contributed by atoms with Crippen LogP contribution in [0.3, 0.4) is 0 Å². The van der Waals surface area contributed by atoms with E-state index in [1.54, 1.807) is 18.2 Å². The normalized spacial score (nSPS) is 26.3. The van der Waals surface area contributed by atoms with Gasteiger partial charge in [0.05, 0.1) is 4.90 Å². The van der Waals surface area contributed by atoms with Gasteiger partial charge in [0.25, 0.3) is 0 Å². The van der Waals surface area contributed by atoms with Gasteiger partial charge < -0.3 is 5.32 Å². The van der Waals surface area contributed by atoms with Crippen molar-refractivity contribution in [2.24, 2.45) is 11.3 Å². The minimum atomic E-state index is -3.14. The molecule has 19 heavy (non-hydrogen) atoms. The SMILES string of the molecule is CC1CC(C)(C)CC1Nc1cccc(S(C)(=O)=O)c1. The van der Waals surface area contributed by atoms with Gasteiger partial charge in [0.15, 0.2) is 9.84 Å². The van der Waals surface area contributed by atoms with Gasteiger partial charge >= 0.3 is 0 Å². The van der Waals surface area contributed by atoms with Crippen molar-refractivity contribution in [2.75, 3.05) is 11.6 Å². The highest BCUT2D eigenvalue weighted by molar-refractivity contribution is 7.90. The van der Waals surface area contributed by atoms with Crippen LogP contribution in [0.2, 0.25) is 0 Å². The zero-order valence-corrected chi connectivity index (χ0v) is 12.9. The number of rotatable bonds is 3. The molecular weight excluding hydrogens is 258 g/mol. The van der Waals surface area contributed by atoms with Crippen molar-refractivity contribution in [3.05, 3.63) is 24.3 Å². The van der Waals surface area contributed by atoms with Crippen LogP contribution in [0.15, 0.2) is 29.2 Å². The molecule has 1 saturated carbocycles. The first-order valence-electron chi connectivity index (χ1n) is 6.74. The van der Waals surface area contributed by atoms with Gasteiger partial charge in [-0.05, 0) is 42.4 Å². The van der Waals surface area contributed by atoms with Gasteiger partial charge in [-0.15, -0.1) is 0 Å². The lowest BCUT2D eigenvalue weighted by Gasteiger charge is -2.20. The minimum absolute atomic E-state index is 0.367. The summed E-state index contributed by atoms with van der Waals surface area (Å²) in [6.07, 6.45) is 3.57. The zero-order chi connectivity index (χ0) is 14.3. The van der Waals surface area contributed by atoms with E-state index in [0.29, 0.717) is 22.3 Å². The predicted octanol–water partition coefficient (Wildman–Crippen LogP) is 3.33. The molecule has 0 aromatic heterocycles. The lowest BCUT2D eigenvalue weighted by Crippen LogP contribution is -2.22. The van der Waals surface area contributed by atoms with E-state index in [0.717, 1.165) is 12.1 Å². The lowest BCUT2D eigenvalue weighted by molar-refractivity contribution is 0.366. The number of benzene rings is 1. The molecule has 0 bridgehead atoms. The fourth-order valence-corrected chi connectivity index (χ4v) is 3.78. The molecule has 3 nitrogen and oxygen atoms in total. The summed E-state index contributed by atoms with van der Waals surface area (Å²) >= 11 is 0. The summed E-state index contributed by atoms with van der Waals surface area (Å²) in [6, 6.07) is 7.52. The van der Waals surface area contributed by atoms with Gasteiger partial charge in [-0.3, -0.25) is 0 Å². The zero-order valence-electron chi connectivity index (χ0n) is 12.1. The van der Waals surface area contributed by atoms with Crippen LogP contribution < -0.4 is 5.32 Å². The molecule has 4 heteroatoms. The van der Waals surface area contributed by atoms with Crippen molar-refractivity contribution in [2.45, 2.75) is 44.6 Å². The molecular formula is C15H23NO2S. The third-order valence-electron chi connectivity index (χ3n) is 3.95. The van der Waals surface area contributed by atoms with Crippen LogP contribution in [0.25, 0.3) is 0 Å². The summed E-state index contributed by atoms with van der Waals surface area (Å²) in [5.41, 5.74) is 1.27. The minimum Gasteiger partial charge on any atom is -0.382 e. The molecule has 1 aromatic rings. The van der Waals surface area contributed by atoms with Gasteiger partial charge in [-0.25, -0.2) is 8.42 Å². The molecule has 0 saturated heterocycles. The van der Waals surface area contributed by atoms with E-state index in [1.165, 1.54) is 12.7 Å². The van der Waals surface area contributed by atoms with Gasteiger partial charge in [0.2, 0.25) is 0 Å². The first-order valence-corrected chi connectivity index (χ1v) is 8.63. The highest BCUT2D eigenvalue weighted by atomic mass is 32.2. The summed E-state index contributed by atoms with van der Waals surface area (Å²) in [7, 11) is -3.14. The molecule has 0 aliphatic heterocycles. The monoisotopic (exact) mass is 281 g/mol. The van der Waals surface area contributed by atoms with Crippen molar-refractivity contribution in [3.63, 3.8) is 0 Å². The first kappa shape index (κ1) is 14.4. The van der Waals surface area contributed by atoms with Crippen molar-refractivity contribution < 1.29 is 8.42 Å². The topological polar surface area (TPSA) is 46.2 Å². The molecule has 1 aromatic carbocycles. The molecule has 1 aliphatic rings. The summed E-state index contributed by atoms with van der Waals surface area (Å²) in [4.78, 5) is 0.377. The molecule has 2 unspecified atom stereocenters. The van der Waals surface area contributed by atoms with Crippen LogP contribution >= 0.6 is 0 Å². The second-order valence-electron chi connectivity index (χ2n) is 6.60. The molecule has 0 heterocycles. The standard InChI is InChI=1S/C15H23NO2S/c1-11-9-15(2,3)10-14(11)16-12-6-5-7-13(8-12)19(4,17)18/h5-8,11,14,16H,9-10H2,1-4H3. The third-order valence-corrected chi connectivity index (χ3v) is 5.06. The van der Waals surface area contributed by atoms with Gasteiger partial charge in [-0.2, -0.15) is 0 Å². The average Bonchev–Trinajstić information content (AvgIpc) is 2.51. The number of hydrogen-bond acceptors (Lipinski definition) is 3. The molecule has 106 valence electrons. The number of nitrogens with one attached hydrogen (secondary N) is 1. The van der Waals surface area contributed by atoms with Crippen LogP contribution in [-0.2, 0) is 9.84 Å². The van der Waals surface area contributed by atoms with Crippen molar-refractivity contribution in [1.29, 1.82) is 0 Å². The van der Waals surface area contributed by atoms with E-state index in [9.17, 15) is 8.42 Å². The fraction of sp³-hybridized carbons (Fsp3) is 0.600. The van der Waals surface area contributed by atoms with Crippen molar-refractivity contribution in [1.82, 2.24) is 0 Å². The number of sulfone groups is 1. The predicted molar refractivity (Wildman–Crippen MR) is 79.1 cm³/mol. The highest BCUT2D eigenvalue weighted by Gasteiger charge is 2.36. The Labute approximate surface area is 116 Å². The molecule has 1 fully saturated rings. The molecule has 2 rings (SSSR count). The second kappa shape index (κ2) is 4.82. The van der Waals surface area contributed by atoms with E-state index in [2.05, 4.69) is 26.1 Å². The van der Waals surface area contributed by atoms with E-state index >= 15 is 0 Å². The summed E-state index contributed by atoms with van der Waals surface area (Å²) in [6.45, 7) is 6.84. The molecule has 1 aliphatic carbocycles. The lowest BCUT2D eigenvalue weighted by atomic mass is 9.91. The molecule has 2 atom stereocenters. The molecule has 0 spiro atoms. The highest BCUT2D eigenvalue weighted by Crippen LogP contribution is 2.42. The maximum absolute atomic E-state index is 11.6. The van der Waals surface area contributed by atoms with Crippen LogP contribution in [0.5, 0.6) is 0 Å². The van der Waals surface area contributed by atoms with E-state index < -0.39 is 9.84 Å². The Hall–Kier alpha value is -1.03. The van der Waals surface area contributed by atoms with E-state index in [1.807, 2.05) is 6.07 Å². The molecule has 0 radical (unpaired) electrons. The number of hydrogen-bond donors (Lipinski definition) is 1. The van der Waals surface area contributed by atoms with Crippen LogP contribution in [0.4, 0.5) is 5.69 Å². The van der Waals surface area contributed by atoms with Crippen LogP contribution in [0, 0.1) is 11.3 Å². The Kier molecular flexibility index (Phi) is 3.65. The van der Waals surface area contributed by atoms with Crippen LogP contribution in [-0.4, -0.2) is 20.7 Å². The Morgan fingerprint density at radius 1 is 1.26 bits per heavy atom. The summed E-state index contributed by atoms with van der Waals surface area (Å²) in [5, 5.41) is 3.49. The van der Waals surface area contributed by atoms with Crippen LogP contribution in [0.1, 0.15) is 33.6 Å². The van der Waals surface area contributed by atoms with Gasteiger partial charge in [0.1, 0.15) is 0 Å². The quantitative estimate of drug-likeness (QED) is 0.924. The van der Waals surface area contributed by atoms with Crippen molar-refractivity contribution >= 4 is 15.5 Å². The van der Waals surface area contributed by atoms with E-state index in [4.69, 9.17) is 0 Å². The largest absolute Gasteiger partial charge is 0.382 e. The first-order chi connectivity index (χ1) is 8.67. The van der Waals surface area contributed by atoms with Gasteiger partial charge in [-0.1, -0.05) is 26.8 Å².